The Morgan fingerprint density at radius 3 is 1.00 bits per heavy atom. The molecule has 33 valence electrons. The predicted octanol–water partition coefficient (Wildman–Crippen LogP) is -0.126. The van der Waals surface area contributed by atoms with Gasteiger partial charge in [-0.05, 0) is 0 Å². The molecule has 0 aliphatic heterocycles. The maximum Gasteiger partial charge on any atom is 2.00 e. The molecule has 0 saturated carbocycles. The summed E-state index contributed by atoms with van der Waals surface area (Å²) in [7, 11) is 0. The molecular formula is CoCuMnO. The van der Waals surface area contributed by atoms with Crippen LogP contribution in [-0.2, 0) is 56.4 Å². The summed E-state index contributed by atoms with van der Waals surface area (Å²) < 4.78 is 0. The summed E-state index contributed by atoms with van der Waals surface area (Å²) in [4.78, 5) is 0. The SMILES string of the molecule is [Co].[Cu].[Mn+2].[O-2]. The molecule has 0 amide bonds. The molecule has 0 aromatic heterocycles. The van der Waals surface area contributed by atoms with Crippen LogP contribution in [0.1, 0.15) is 0 Å². The summed E-state index contributed by atoms with van der Waals surface area (Å²) in [5.74, 6) is 0. The van der Waals surface area contributed by atoms with Gasteiger partial charge in [0.05, 0.1) is 0 Å². The van der Waals surface area contributed by atoms with Crippen LogP contribution in [0.4, 0.5) is 0 Å². The number of hydrogen-bond acceptors (Lipinski definition) is 0. The van der Waals surface area contributed by atoms with E-state index in [0.29, 0.717) is 0 Å². The summed E-state index contributed by atoms with van der Waals surface area (Å²) in [5.41, 5.74) is 0. The molecule has 0 aliphatic carbocycles. The zero-order chi connectivity index (χ0) is 0. The van der Waals surface area contributed by atoms with E-state index in [1.165, 1.54) is 0 Å². The van der Waals surface area contributed by atoms with Crippen LogP contribution in [0.2, 0.25) is 0 Å². The molecule has 3 radical (unpaired) electrons. The molecule has 0 aromatic rings. The van der Waals surface area contributed by atoms with Crippen molar-refractivity contribution in [1.29, 1.82) is 0 Å². The van der Waals surface area contributed by atoms with E-state index in [4.69, 9.17) is 0 Å². The zero-order valence-electron chi connectivity index (χ0n) is 1.42. The van der Waals surface area contributed by atoms with Gasteiger partial charge in [-0.15, -0.1) is 0 Å². The van der Waals surface area contributed by atoms with Crippen LogP contribution in [0, 0.1) is 0 Å². The van der Waals surface area contributed by atoms with E-state index in [9.17, 15) is 0 Å². The first-order valence-corrected chi connectivity index (χ1v) is 0. The molecule has 0 aromatic carbocycles. The van der Waals surface area contributed by atoms with Gasteiger partial charge in [0.2, 0.25) is 0 Å². The van der Waals surface area contributed by atoms with E-state index in [1.807, 2.05) is 0 Å². The topological polar surface area (TPSA) is 28.5 Å². The van der Waals surface area contributed by atoms with E-state index in [-0.39, 0.29) is 56.4 Å². The average Bonchev–Trinajstić information content (AvgIpc) is 0. The third-order valence-electron chi connectivity index (χ3n) is 0. The van der Waals surface area contributed by atoms with Crippen LogP contribution < -0.4 is 0 Å². The third kappa shape index (κ3) is 9.71. The van der Waals surface area contributed by atoms with Gasteiger partial charge in [0.15, 0.2) is 0 Å². The summed E-state index contributed by atoms with van der Waals surface area (Å²) in [5, 5.41) is 0. The molecule has 0 rings (SSSR count). The molecule has 0 saturated heterocycles. The van der Waals surface area contributed by atoms with Gasteiger partial charge in [-0.3, -0.25) is 0 Å². The van der Waals surface area contributed by atoms with Crippen LogP contribution in [0.5, 0.6) is 0 Å². The van der Waals surface area contributed by atoms with Crippen molar-refractivity contribution in [3.05, 3.63) is 0 Å². The van der Waals surface area contributed by atoms with Crippen molar-refractivity contribution in [3.63, 3.8) is 0 Å². The fourth-order valence-electron chi connectivity index (χ4n) is 0. The first-order valence-electron chi connectivity index (χ1n) is 0. The van der Waals surface area contributed by atoms with Crippen molar-refractivity contribution < 1.29 is 56.4 Å². The molecule has 0 unspecified atom stereocenters. The van der Waals surface area contributed by atoms with Crippen LogP contribution >= 0.6 is 0 Å². The maximum atomic E-state index is 0. The zero-order valence-corrected chi connectivity index (χ0v) is 4.58. The Morgan fingerprint density at radius 1 is 1.00 bits per heavy atom. The van der Waals surface area contributed by atoms with E-state index in [2.05, 4.69) is 0 Å². The molecule has 0 spiro atoms. The van der Waals surface area contributed by atoms with Crippen molar-refractivity contribution >= 4 is 0 Å². The van der Waals surface area contributed by atoms with Gasteiger partial charge in [0.1, 0.15) is 0 Å². The average molecular weight is 193 g/mol. The first-order chi connectivity index (χ1) is 0. The molecule has 0 aliphatic rings. The summed E-state index contributed by atoms with van der Waals surface area (Å²) >= 11 is 0. The monoisotopic (exact) mass is 193 g/mol. The molecule has 0 heterocycles. The minimum atomic E-state index is 0. The smallest absolute Gasteiger partial charge is 2.00 e. The van der Waals surface area contributed by atoms with Crippen LogP contribution in [0.3, 0.4) is 0 Å². The van der Waals surface area contributed by atoms with Crippen molar-refractivity contribution in [2.24, 2.45) is 0 Å². The van der Waals surface area contributed by atoms with Gasteiger partial charge in [-0.2, -0.15) is 0 Å². The van der Waals surface area contributed by atoms with E-state index in [0.717, 1.165) is 0 Å². The third-order valence-corrected chi connectivity index (χ3v) is 0. The Labute approximate surface area is 56.4 Å². The Kier molecular flexibility index (Phi) is 301. The van der Waals surface area contributed by atoms with Crippen molar-refractivity contribution in [2.75, 3.05) is 0 Å². The van der Waals surface area contributed by atoms with Crippen LogP contribution in [0.15, 0.2) is 0 Å². The largest absolute Gasteiger partial charge is 2.00 e. The molecule has 0 N–H and O–H groups in total. The second-order valence-electron chi connectivity index (χ2n) is 0. The van der Waals surface area contributed by atoms with Gasteiger partial charge >= 0.3 is 17.1 Å². The second-order valence-corrected chi connectivity index (χ2v) is 0. The quantitative estimate of drug-likeness (QED) is 0.480. The molecular weight excluding hydrogens is 193 g/mol. The Bertz CT molecular complexity index is 8.00. The van der Waals surface area contributed by atoms with Crippen LogP contribution in [-0.4, -0.2) is 0 Å². The molecule has 1 nitrogen and oxygen atoms in total. The second kappa shape index (κ2) is 24.4. The van der Waals surface area contributed by atoms with Gasteiger partial charge in [-0.1, -0.05) is 0 Å². The standard InChI is InChI=1S/Co.Cu.Mn.O/q;;+2;-2. The minimum Gasteiger partial charge on any atom is -2.00 e. The number of hydrogen-bond donors (Lipinski definition) is 0. The Morgan fingerprint density at radius 2 is 1.00 bits per heavy atom. The molecule has 4 heavy (non-hydrogen) atoms. The van der Waals surface area contributed by atoms with Gasteiger partial charge < -0.3 is 5.48 Å². The normalized spacial score (nSPS) is 0. The minimum absolute atomic E-state index is 0. The van der Waals surface area contributed by atoms with Crippen molar-refractivity contribution in [2.45, 2.75) is 0 Å². The van der Waals surface area contributed by atoms with Crippen molar-refractivity contribution in [1.82, 2.24) is 0 Å². The molecule has 4 heteroatoms. The summed E-state index contributed by atoms with van der Waals surface area (Å²) in [6.07, 6.45) is 0. The van der Waals surface area contributed by atoms with E-state index < -0.39 is 0 Å². The fraction of sp³-hybridized carbons (Fsp3) is 0. The van der Waals surface area contributed by atoms with E-state index in [1.54, 1.807) is 0 Å². The van der Waals surface area contributed by atoms with E-state index >= 15 is 0 Å². The predicted molar refractivity (Wildman–Crippen MR) is 0.686 cm³/mol. The first kappa shape index (κ1) is 49.3. The summed E-state index contributed by atoms with van der Waals surface area (Å²) in [6.45, 7) is 0. The van der Waals surface area contributed by atoms with Gasteiger partial charge in [0, 0.05) is 33.8 Å². The Hall–Kier alpha value is 1.51. The molecule has 0 bridgehead atoms. The molecule has 0 atom stereocenters. The van der Waals surface area contributed by atoms with Gasteiger partial charge in [-0.25, -0.2) is 0 Å². The van der Waals surface area contributed by atoms with Crippen LogP contribution in [0.25, 0.3) is 0 Å². The summed E-state index contributed by atoms with van der Waals surface area (Å²) in [6, 6.07) is 0. The number of rotatable bonds is 0. The fourth-order valence-corrected chi connectivity index (χ4v) is 0. The maximum absolute atomic E-state index is 0. The molecule has 0 fully saturated rings. The van der Waals surface area contributed by atoms with Crippen molar-refractivity contribution in [3.8, 4) is 0 Å². The Balaban J connectivity index is 0. The van der Waals surface area contributed by atoms with Gasteiger partial charge in [0.25, 0.3) is 0 Å².